The average molecular weight is 176 g/mol. The first kappa shape index (κ1) is 9.52. The van der Waals surface area contributed by atoms with Crippen LogP contribution in [-0.2, 0) is 4.79 Å². The molecule has 1 rings (SSSR count). The standard InChI is InChI=1S/C11H12O2/c1-9(8-12)7-10-5-3-4-6-11(10)13-2/h3-8H,1-2H3. The number of hydrogen-bond donors (Lipinski definition) is 0. The fraction of sp³-hybridized carbons (Fsp3) is 0.182. The molecule has 0 bridgehead atoms. The van der Waals surface area contributed by atoms with Crippen LogP contribution in [0.5, 0.6) is 5.75 Å². The number of hydrogen-bond acceptors (Lipinski definition) is 2. The van der Waals surface area contributed by atoms with E-state index in [1.807, 2.05) is 24.3 Å². The smallest absolute Gasteiger partial charge is 0.145 e. The predicted octanol–water partition coefficient (Wildman–Crippen LogP) is 2.30. The summed E-state index contributed by atoms with van der Waals surface area (Å²) in [5.41, 5.74) is 1.61. The van der Waals surface area contributed by atoms with Gasteiger partial charge in [0, 0.05) is 5.56 Å². The molecule has 0 heterocycles. The number of aldehydes is 1. The van der Waals surface area contributed by atoms with Crippen LogP contribution in [-0.4, -0.2) is 13.4 Å². The Labute approximate surface area is 77.8 Å². The molecule has 0 amide bonds. The monoisotopic (exact) mass is 176 g/mol. The fourth-order valence-corrected chi connectivity index (χ4v) is 1.06. The van der Waals surface area contributed by atoms with Crippen LogP contribution in [0.4, 0.5) is 0 Å². The first-order valence-electron chi connectivity index (χ1n) is 4.04. The summed E-state index contributed by atoms with van der Waals surface area (Å²) in [6.07, 6.45) is 2.62. The van der Waals surface area contributed by atoms with Crippen molar-refractivity contribution in [1.29, 1.82) is 0 Å². The third kappa shape index (κ3) is 2.44. The van der Waals surface area contributed by atoms with Crippen LogP contribution in [0.25, 0.3) is 6.08 Å². The maximum Gasteiger partial charge on any atom is 0.145 e. The summed E-state index contributed by atoms with van der Waals surface area (Å²) in [5.74, 6) is 0.781. The Bertz CT molecular complexity index is 327. The van der Waals surface area contributed by atoms with E-state index in [1.54, 1.807) is 20.1 Å². The van der Waals surface area contributed by atoms with Gasteiger partial charge in [0.2, 0.25) is 0 Å². The highest BCUT2D eigenvalue weighted by Gasteiger charge is 1.97. The van der Waals surface area contributed by atoms with E-state index in [2.05, 4.69) is 0 Å². The zero-order valence-electron chi connectivity index (χ0n) is 7.78. The van der Waals surface area contributed by atoms with Crippen molar-refractivity contribution in [3.63, 3.8) is 0 Å². The average Bonchev–Trinajstić information content (AvgIpc) is 2.18. The molecule has 13 heavy (non-hydrogen) atoms. The Morgan fingerprint density at radius 1 is 1.38 bits per heavy atom. The van der Waals surface area contributed by atoms with E-state index in [1.165, 1.54) is 0 Å². The van der Waals surface area contributed by atoms with Crippen LogP contribution >= 0.6 is 0 Å². The van der Waals surface area contributed by atoms with Gasteiger partial charge in [0.1, 0.15) is 12.0 Å². The lowest BCUT2D eigenvalue weighted by molar-refractivity contribution is -0.104. The zero-order valence-corrected chi connectivity index (χ0v) is 7.78. The van der Waals surface area contributed by atoms with Crippen LogP contribution in [0.15, 0.2) is 29.8 Å². The molecule has 2 heteroatoms. The van der Waals surface area contributed by atoms with Crippen molar-refractivity contribution in [2.75, 3.05) is 7.11 Å². The molecule has 2 nitrogen and oxygen atoms in total. The number of carbonyl (C=O) groups excluding carboxylic acids is 1. The summed E-state index contributed by atoms with van der Waals surface area (Å²) in [7, 11) is 1.61. The van der Waals surface area contributed by atoms with Gasteiger partial charge in [-0.15, -0.1) is 0 Å². The lowest BCUT2D eigenvalue weighted by Crippen LogP contribution is -1.86. The molecule has 0 saturated heterocycles. The minimum atomic E-state index is 0.685. The van der Waals surface area contributed by atoms with Gasteiger partial charge in [0.15, 0.2) is 0 Å². The van der Waals surface area contributed by atoms with Crippen LogP contribution in [0.3, 0.4) is 0 Å². The van der Waals surface area contributed by atoms with Crippen molar-refractivity contribution < 1.29 is 9.53 Å². The summed E-state index contributed by atoms with van der Waals surface area (Å²) in [6.45, 7) is 1.76. The lowest BCUT2D eigenvalue weighted by Gasteiger charge is -2.03. The molecule has 0 unspecified atom stereocenters. The van der Waals surface area contributed by atoms with E-state index in [-0.39, 0.29) is 0 Å². The third-order valence-electron chi connectivity index (χ3n) is 1.71. The zero-order chi connectivity index (χ0) is 9.68. The first-order valence-corrected chi connectivity index (χ1v) is 4.04. The number of carbonyl (C=O) groups is 1. The molecule has 0 aromatic heterocycles. The van der Waals surface area contributed by atoms with Crippen LogP contribution in [0.1, 0.15) is 12.5 Å². The number of ether oxygens (including phenoxy) is 1. The normalized spacial score (nSPS) is 11.1. The molecule has 0 fully saturated rings. The predicted molar refractivity (Wildman–Crippen MR) is 52.7 cm³/mol. The molecule has 1 aromatic rings. The molecule has 0 aliphatic rings. The van der Waals surface area contributed by atoms with Gasteiger partial charge in [-0.05, 0) is 24.6 Å². The SMILES string of the molecule is COc1ccccc1C=C(C)C=O. The summed E-state index contributed by atoms with van der Waals surface area (Å²) in [6, 6.07) is 7.58. The Kier molecular flexibility index (Phi) is 3.26. The fourth-order valence-electron chi connectivity index (χ4n) is 1.06. The molecular weight excluding hydrogens is 164 g/mol. The van der Waals surface area contributed by atoms with Crippen molar-refractivity contribution in [3.8, 4) is 5.75 Å². The maximum atomic E-state index is 10.4. The van der Waals surface area contributed by atoms with Crippen LogP contribution < -0.4 is 4.74 Å². The topological polar surface area (TPSA) is 26.3 Å². The quantitative estimate of drug-likeness (QED) is 0.521. The molecular formula is C11H12O2. The van der Waals surface area contributed by atoms with E-state index in [0.717, 1.165) is 17.6 Å². The molecule has 0 atom stereocenters. The Morgan fingerprint density at radius 2 is 2.08 bits per heavy atom. The highest BCUT2D eigenvalue weighted by molar-refractivity contribution is 5.81. The van der Waals surface area contributed by atoms with Crippen molar-refractivity contribution in [2.45, 2.75) is 6.92 Å². The number of rotatable bonds is 3. The molecule has 0 spiro atoms. The first-order chi connectivity index (χ1) is 6.27. The van der Waals surface area contributed by atoms with Gasteiger partial charge in [-0.3, -0.25) is 4.79 Å². The van der Waals surface area contributed by atoms with Gasteiger partial charge in [0.25, 0.3) is 0 Å². The van der Waals surface area contributed by atoms with Gasteiger partial charge >= 0.3 is 0 Å². The second-order valence-electron chi connectivity index (χ2n) is 2.75. The molecule has 0 saturated carbocycles. The second-order valence-corrected chi connectivity index (χ2v) is 2.75. The summed E-state index contributed by atoms with van der Waals surface area (Å²) in [4.78, 5) is 10.4. The van der Waals surface area contributed by atoms with E-state index in [4.69, 9.17) is 4.74 Å². The van der Waals surface area contributed by atoms with E-state index >= 15 is 0 Å². The van der Waals surface area contributed by atoms with Crippen LogP contribution in [0, 0.1) is 0 Å². The maximum absolute atomic E-state index is 10.4. The number of benzene rings is 1. The second kappa shape index (κ2) is 4.45. The Hall–Kier alpha value is -1.57. The van der Waals surface area contributed by atoms with E-state index < -0.39 is 0 Å². The molecule has 0 aliphatic carbocycles. The summed E-state index contributed by atoms with van der Waals surface area (Å²) >= 11 is 0. The summed E-state index contributed by atoms with van der Waals surface area (Å²) < 4.78 is 5.13. The van der Waals surface area contributed by atoms with Crippen molar-refractivity contribution >= 4 is 12.4 Å². The molecule has 0 N–H and O–H groups in total. The third-order valence-corrected chi connectivity index (χ3v) is 1.71. The van der Waals surface area contributed by atoms with Crippen LogP contribution in [0.2, 0.25) is 0 Å². The largest absolute Gasteiger partial charge is 0.496 e. The number of methoxy groups -OCH3 is 1. The van der Waals surface area contributed by atoms with Crippen molar-refractivity contribution in [1.82, 2.24) is 0 Å². The molecule has 68 valence electrons. The number of allylic oxidation sites excluding steroid dienone is 1. The number of para-hydroxylation sites is 1. The van der Waals surface area contributed by atoms with Gasteiger partial charge in [-0.1, -0.05) is 18.2 Å². The Balaban J connectivity index is 3.06. The van der Waals surface area contributed by atoms with E-state index in [9.17, 15) is 4.79 Å². The summed E-state index contributed by atoms with van der Waals surface area (Å²) in [5, 5.41) is 0. The minimum Gasteiger partial charge on any atom is -0.496 e. The van der Waals surface area contributed by atoms with Crippen molar-refractivity contribution in [3.05, 3.63) is 35.4 Å². The molecule has 0 aliphatic heterocycles. The van der Waals surface area contributed by atoms with E-state index in [0.29, 0.717) is 5.57 Å². The van der Waals surface area contributed by atoms with Gasteiger partial charge in [-0.2, -0.15) is 0 Å². The lowest BCUT2D eigenvalue weighted by atomic mass is 10.1. The van der Waals surface area contributed by atoms with Gasteiger partial charge < -0.3 is 4.74 Å². The van der Waals surface area contributed by atoms with Gasteiger partial charge in [-0.25, -0.2) is 0 Å². The highest BCUT2D eigenvalue weighted by Crippen LogP contribution is 2.19. The minimum absolute atomic E-state index is 0.685. The van der Waals surface area contributed by atoms with Crippen molar-refractivity contribution in [2.24, 2.45) is 0 Å². The molecule has 0 radical (unpaired) electrons. The Morgan fingerprint density at radius 3 is 2.69 bits per heavy atom. The highest BCUT2D eigenvalue weighted by atomic mass is 16.5. The van der Waals surface area contributed by atoms with Gasteiger partial charge in [0.05, 0.1) is 7.11 Å². The molecule has 1 aromatic carbocycles.